The molecule has 0 saturated carbocycles. The number of carbonyl (C=O) groups excluding carboxylic acids is 3. The summed E-state index contributed by atoms with van der Waals surface area (Å²) in [5.41, 5.74) is 0.615. The second-order valence-electron chi connectivity index (χ2n) is 8.18. The third-order valence-corrected chi connectivity index (χ3v) is 7.15. The Balaban J connectivity index is 1.75. The van der Waals surface area contributed by atoms with Crippen LogP contribution in [-0.4, -0.2) is 32.7 Å². The predicted octanol–water partition coefficient (Wildman–Crippen LogP) is 3.32. The first-order valence-electron chi connectivity index (χ1n) is 10.4. The maximum Gasteiger partial charge on any atom is 0.274 e. The maximum atomic E-state index is 13.0. The van der Waals surface area contributed by atoms with E-state index < -0.39 is 29.9 Å². The summed E-state index contributed by atoms with van der Waals surface area (Å²) in [6, 6.07) is -1.41. The van der Waals surface area contributed by atoms with Crippen molar-refractivity contribution in [2.75, 3.05) is 0 Å². The summed E-state index contributed by atoms with van der Waals surface area (Å²) >= 11 is 2.58. The van der Waals surface area contributed by atoms with Crippen molar-refractivity contribution in [2.45, 2.75) is 52.7 Å². The molecule has 33 heavy (non-hydrogen) atoms. The molecule has 0 aromatic carbocycles. The van der Waals surface area contributed by atoms with E-state index in [1.54, 1.807) is 31.5 Å². The molecule has 4 rings (SSSR count). The number of hydrogen-bond donors (Lipinski definition) is 3. The number of amides is 3. The molecule has 0 radical (unpaired) electrons. The second-order valence-corrected chi connectivity index (χ2v) is 9.96. The lowest BCUT2D eigenvalue weighted by Crippen LogP contribution is -2.33. The highest BCUT2D eigenvalue weighted by atomic mass is 32.1. The van der Waals surface area contributed by atoms with Crippen molar-refractivity contribution < 1.29 is 18.8 Å². The van der Waals surface area contributed by atoms with E-state index in [9.17, 15) is 14.4 Å². The molecule has 1 aliphatic rings. The number of aryl methyl sites for hydroxylation is 1. The standard InChI is InChI=1S/C21H24N6O4S2/c1-8(2)14-21-25-13(7-33-21)17(29)23-10(4)20-24-12(6-32-20)16(28)22-9(3)19-27-15(11(5)31-19)18(30)26-14/h6-10,14H,1-5H3,(H,22,28)(H,23,29)(H,26,30)/t9-,10-,14?/m1/s1. The molecule has 0 saturated heterocycles. The molecule has 3 aromatic rings. The van der Waals surface area contributed by atoms with Gasteiger partial charge in [0.25, 0.3) is 17.7 Å². The Morgan fingerprint density at radius 3 is 2.06 bits per heavy atom. The van der Waals surface area contributed by atoms with E-state index in [2.05, 4.69) is 30.9 Å². The summed E-state index contributed by atoms with van der Waals surface area (Å²) in [6.07, 6.45) is 0. The number of aromatic nitrogens is 3. The Kier molecular flexibility index (Phi) is 6.30. The van der Waals surface area contributed by atoms with E-state index in [4.69, 9.17) is 4.42 Å². The molecule has 3 aromatic heterocycles. The van der Waals surface area contributed by atoms with Gasteiger partial charge in [-0.25, -0.2) is 15.0 Å². The number of nitrogens with one attached hydrogen (secondary N) is 3. The highest BCUT2D eigenvalue weighted by Gasteiger charge is 2.28. The van der Waals surface area contributed by atoms with Gasteiger partial charge in [-0.3, -0.25) is 14.4 Å². The van der Waals surface area contributed by atoms with Crippen molar-refractivity contribution in [1.29, 1.82) is 0 Å². The van der Waals surface area contributed by atoms with Gasteiger partial charge >= 0.3 is 0 Å². The van der Waals surface area contributed by atoms with Gasteiger partial charge in [0.05, 0.1) is 12.1 Å². The number of hydrogen-bond acceptors (Lipinski definition) is 9. The normalized spacial score (nSPS) is 21.8. The number of thiazole rings is 2. The number of nitrogens with zero attached hydrogens (tertiary/aromatic N) is 3. The fourth-order valence-corrected chi connectivity index (χ4v) is 5.15. The van der Waals surface area contributed by atoms with Gasteiger partial charge in [0.1, 0.15) is 33.2 Å². The number of carbonyl (C=O) groups is 3. The molecule has 3 amide bonds. The fourth-order valence-electron chi connectivity index (χ4n) is 3.33. The topological polar surface area (TPSA) is 139 Å². The van der Waals surface area contributed by atoms with Crippen LogP contribution in [0, 0.1) is 12.8 Å². The number of fused-ring (bicyclic) bond motifs is 6. The fraction of sp³-hybridized carbons (Fsp3) is 0.429. The molecule has 0 spiro atoms. The van der Waals surface area contributed by atoms with Crippen molar-refractivity contribution in [3.05, 3.63) is 49.5 Å². The first-order valence-corrected chi connectivity index (χ1v) is 12.2. The summed E-state index contributed by atoms with van der Waals surface area (Å²) in [4.78, 5) is 51.6. The Hall–Kier alpha value is -3.12. The minimum Gasteiger partial charge on any atom is -0.443 e. The SMILES string of the molecule is Cc1oc2nc1C(=O)NC(C(C)C)c1nc(cs1)C(=O)N[C@H](C)c1nc(cs1)C(=O)N[C@@H]2C. The summed E-state index contributed by atoms with van der Waals surface area (Å²) in [6.45, 7) is 9.07. The van der Waals surface area contributed by atoms with Gasteiger partial charge in [0, 0.05) is 10.8 Å². The van der Waals surface area contributed by atoms with Crippen LogP contribution in [0.2, 0.25) is 0 Å². The zero-order valence-corrected chi connectivity index (χ0v) is 20.4. The van der Waals surface area contributed by atoms with E-state index in [1.165, 1.54) is 22.7 Å². The molecule has 4 heterocycles. The molecule has 10 nitrogen and oxygen atoms in total. The molecular weight excluding hydrogens is 464 g/mol. The van der Waals surface area contributed by atoms with Crippen LogP contribution in [0.25, 0.3) is 0 Å². The lowest BCUT2D eigenvalue weighted by Gasteiger charge is -2.19. The van der Waals surface area contributed by atoms with Crippen LogP contribution in [0.3, 0.4) is 0 Å². The molecular formula is C21H24N6O4S2. The smallest absolute Gasteiger partial charge is 0.274 e. The Bertz CT molecular complexity index is 1210. The van der Waals surface area contributed by atoms with Crippen molar-refractivity contribution in [2.24, 2.45) is 5.92 Å². The molecule has 0 fully saturated rings. The van der Waals surface area contributed by atoms with Gasteiger partial charge in [0.15, 0.2) is 5.69 Å². The average Bonchev–Trinajstić information content (AvgIpc) is 3.50. The van der Waals surface area contributed by atoms with Crippen LogP contribution in [0.15, 0.2) is 15.2 Å². The van der Waals surface area contributed by atoms with Crippen molar-refractivity contribution in [3.63, 3.8) is 0 Å². The Labute approximate surface area is 198 Å². The first kappa shape index (κ1) is 23.1. The molecule has 1 unspecified atom stereocenters. The largest absolute Gasteiger partial charge is 0.443 e. The number of oxazole rings is 1. The van der Waals surface area contributed by atoms with Gasteiger partial charge in [-0.05, 0) is 26.7 Å². The third kappa shape index (κ3) is 4.67. The lowest BCUT2D eigenvalue weighted by molar-refractivity contribution is 0.0916. The van der Waals surface area contributed by atoms with E-state index >= 15 is 0 Å². The highest BCUT2D eigenvalue weighted by Crippen LogP contribution is 2.27. The van der Waals surface area contributed by atoms with Gasteiger partial charge in [0.2, 0.25) is 5.89 Å². The third-order valence-electron chi connectivity index (χ3n) is 5.19. The van der Waals surface area contributed by atoms with Crippen LogP contribution in [0.4, 0.5) is 0 Å². The molecule has 12 heteroatoms. The highest BCUT2D eigenvalue weighted by molar-refractivity contribution is 7.10. The molecule has 3 atom stereocenters. The van der Waals surface area contributed by atoms with Crippen molar-refractivity contribution in [1.82, 2.24) is 30.9 Å². The maximum absolute atomic E-state index is 13.0. The first-order chi connectivity index (χ1) is 15.6. The second kappa shape index (κ2) is 9.02. The summed E-state index contributed by atoms with van der Waals surface area (Å²) < 4.78 is 5.68. The molecule has 1 aliphatic heterocycles. The van der Waals surface area contributed by atoms with Crippen molar-refractivity contribution >= 4 is 40.4 Å². The zero-order chi connectivity index (χ0) is 23.9. The Morgan fingerprint density at radius 1 is 0.848 bits per heavy atom. The molecule has 3 N–H and O–H groups in total. The summed E-state index contributed by atoms with van der Waals surface area (Å²) in [5.74, 6) is -0.602. The van der Waals surface area contributed by atoms with E-state index in [0.717, 1.165) is 0 Å². The van der Waals surface area contributed by atoms with Gasteiger partial charge in [-0.15, -0.1) is 22.7 Å². The summed E-state index contributed by atoms with van der Waals surface area (Å²) in [7, 11) is 0. The van der Waals surface area contributed by atoms with Gasteiger partial charge < -0.3 is 20.4 Å². The summed E-state index contributed by atoms with van der Waals surface area (Å²) in [5, 5.41) is 13.1. The van der Waals surface area contributed by atoms with Crippen molar-refractivity contribution in [3.8, 4) is 0 Å². The molecule has 6 bridgehead atoms. The molecule has 174 valence electrons. The quantitative estimate of drug-likeness (QED) is 0.477. The molecule has 0 aliphatic carbocycles. The van der Waals surface area contributed by atoms with Crippen LogP contribution < -0.4 is 16.0 Å². The van der Waals surface area contributed by atoms with E-state index in [-0.39, 0.29) is 34.8 Å². The predicted molar refractivity (Wildman–Crippen MR) is 122 cm³/mol. The minimum atomic E-state index is -0.582. The van der Waals surface area contributed by atoms with Crippen LogP contribution in [0.5, 0.6) is 0 Å². The minimum absolute atomic E-state index is 0.0131. The van der Waals surface area contributed by atoms with Gasteiger partial charge in [-0.1, -0.05) is 13.8 Å². The lowest BCUT2D eigenvalue weighted by atomic mass is 10.0. The average molecular weight is 489 g/mol. The van der Waals surface area contributed by atoms with Gasteiger partial charge in [-0.2, -0.15) is 0 Å². The van der Waals surface area contributed by atoms with Crippen LogP contribution in [0.1, 0.15) is 99.0 Å². The van der Waals surface area contributed by atoms with Crippen LogP contribution >= 0.6 is 22.7 Å². The zero-order valence-electron chi connectivity index (χ0n) is 18.8. The monoisotopic (exact) mass is 488 g/mol. The number of rotatable bonds is 1. The van der Waals surface area contributed by atoms with Crippen LogP contribution in [-0.2, 0) is 0 Å². The van der Waals surface area contributed by atoms with E-state index in [1.807, 2.05) is 13.8 Å². The Morgan fingerprint density at radius 2 is 1.42 bits per heavy atom. The van der Waals surface area contributed by atoms with E-state index in [0.29, 0.717) is 15.8 Å².